The first kappa shape index (κ1) is 27.9. The summed E-state index contributed by atoms with van der Waals surface area (Å²) in [5, 5.41) is 2.16. The molecule has 0 spiro atoms. The summed E-state index contributed by atoms with van der Waals surface area (Å²) in [7, 11) is 2.15. The van der Waals surface area contributed by atoms with Crippen molar-refractivity contribution in [3.63, 3.8) is 0 Å². The van der Waals surface area contributed by atoms with Gasteiger partial charge in [-0.25, -0.2) is 9.78 Å². The number of likely N-dealkylation sites (tertiary alicyclic amines) is 1. The van der Waals surface area contributed by atoms with Crippen molar-refractivity contribution in [1.82, 2.24) is 19.0 Å². The van der Waals surface area contributed by atoms with E-state index in [2.05, 4.69) is 58.1 Å². The molecule has 218 valence electrons. The fourth-order valence-corrected chi connectivity index (χ4v) is 6.73. The van der Waals surface area contributed by atoms with Gasteiger partial charge in [0.05, 0.1) is 21.6 Å². The number of piperidine rings is 1. The normalized spacial score (nSPS) is 16.7. The zero-order chi connectivity index (χ0) is 28.6. The van der Waals surface area contributed by atoms with Crippen molar-refractivity contribution in [3.05, 3.63) is 59.2 Å². The lowest BCUT2D eigenvalue weighted by molar-refractivity contribution is 0.0126. The predicted molar refractivity (Wildman–Crippen MR) is 165 cm³/mol. The number of aryl methyl sites for hydroxylation is 3. The average Bonchev–Trinajstić information content (AvgIpc) is 3.59. The Kier molecular flexibility index (Phi) is 7.86. The first-order valence-electron chi connectivity index (χ1n) is 15.1. The number of ether oxygens (including phenoxy) is 2. The predicted octanol–water partition coefficient (Wildman–Crippen LogP) is 7.78. The second-order valence-electron chi connectivity index (χ2n) is 12.6. The molecule has 0 radical (unpaired) electrons. The molecule has 1 saturated heterocycles. The number of amides is 1. The van der Waals surface area contributed by atoms with Gasteiger partial charge in [0.15, 0.2) is 5.82 Å². The summed E-state index contributed by atoms with van der Waals surface area (Å²) < 4.78 is 17.9. The van der Waals surface area contributed by atoms with Gasteiger partial charge in [-0.1, -0.05) is 18.6 Å². The summed E-state index contributed by atoms with van der Waals surface area (Å²) in [6.45, 7) is 7.96. The molecule has 0 atom stereocenters. The monoisotopic (exact) mass is 574 g/mol. The highest BCUT2D eigenvalue weighted by atomic mass is 32.1. The Morgan fingerprint density at radius 1 is 1.10 bits per heavy atom. The fourth-order valence-electron chi connectivity index (χ4n) is 5.88. The van der Waals surface area contributed by atoms with Crippen LogP contribution in [-0.4, -0.2) is 49.9 Å². The van der Waals surface area contributed by atoms with Gasteiger partial charge in [-0.05, 0) is 81.7 Å². The van der Waals surface area contributed by atoms with Gasteiger partial charge in [-0.15, -0.1) is 11.3 Å². The molecule has 8 heteroatoms. The van der Waals surface area contributed by atoms with E-state index < -0.39 is 5.60 Å². The summed E-state index contributed by atoms with van der Waals surface area (Å²) in [5.41, 5.74) is 4.54. The second-order valence-corrected chi connectivity index (χ2v) is 13.6. The van der Waals surface area contributed by atoms with E-state index in [0.717, 1.165) is 43.8 Å². The van der Waals surface area contributed by atoms with E-state index in [0.29, 0.717) is 19.0 Å². The minimum absolute atomic E-state index is 0.113. The SMILES string of the molecule is Cn1c(-c2nc(C3CCC3)cn2CCCc2cccc(OC3CCN(C(=O)OC(C)(C)C)CC3)c2)cc2sccc21. The zero-order valence-electron chi connectivity index (χ0n) is 24.8. The third kappa shape index (κ3) is 6.32. The van der Waals surface area contributed by atoms with Crippen molar-refractivity contribution in [2.45, 2.75) is 89.9 Å². The Labute approximate surface area is 247 Å². The molecule has 0 N–H and O–H groups in total. The van der Waals surface area contributed by atoms with E-state index in [9.17, 15) is 4.79 Å². The molecule has 2 aliphatic rings. The molecule has 6 rings (SSSR count). The van der Waals surface area contributed by atoms with Crippen LogP contribution in [0.1, 0.15) is 76.5 Å². The largest absolute Gasteiger partial charge is 0.490 e. The zero-order valence-corrected chi connectivity index (χ0v) is 25.6. The van der Waals surface area contributed by atoms with E-state index in [-0.39, 0.29) is 12.2 Å². The molecule has 0 bridgehead atoms. The molecule has 1 amide bonds. The van der Waals surface area contributed by atoms with E-state index in [4.69, 9.17) is 14.5 Å². The Balaban J connectivity index is 1.06. The Hall–Kier alpha value is -3.26. The van der Waals surface area contributed by atoms with E-state index >= 15 is 0 Å². The maximum absolute atomic E-state index is 12.4. The highest BCUT2D eigenvalue weighted by Gasteiger charge is 2.28. The van der Waals surface area contributed by atoms with Crippen LogP contribution in [0.25, 0.3) is 21.7 Å². The number of aromatic nitrogens is 3. The third-order valence-electron chi connectivity index (χ3n) is 8.37. The van der Waals surface area contributed by atoms with Crippen molar-refractivity contribution in [2.24, 2.45) is 7.05 Å². The fraction of sp³-hybridized carbons (Fsp3) is 0.515. The number of hydrogen-bond donors (Lipinski definition) is 0. The van der Waals surface area contributed by atoms with E-state index in [1.165, 1.54) is 46.4 Å². The van der Waals surface area contributed by atoms with Crippen LogP contribution in [0.15, 0.2) is 48.0 Å². The smallest absolute Gasteiger partial charge is 0.410 e. The van der Waals surface area contributed by atoms with Gasteiger partial charge in [-0.2, -0.15) is 0 Å². The molecule has 2 fully saturated rings. The Bertz CT molecular complexity index is 1500. The number of benzene rings is 1. The van der Waals surface area contributed by atoms with Gasteiger partial charge in [0.2, 0.25) is 0 Å². The lowest BCUT2D eigenvalue weighted by Crippen LogP contribution is -2.44. The third-order valence-corrected chi connectivity index (χ3v) is 9.22. The number of nitrogens with zero attached hydrogens (tertiary/aromatic N) is 4. The van der Waals surface area contributed by atoms with Gasteiger partial charge >= 0.3 is 6.09 Å². The molecule has 1 aliphatic carbocycles. The first-order valence-corrected chi connectivity index (χ1v) is 16.0. The van der Waals surface area contributed by atoms with Crippen molar-refractivity contribution in [2.75, 3.05) is 13.1 Å². The summed E-state index contributed by atoms with van der Waals surface area (Å²) in [6.07, 6.45) is 9.65. The van der Waals surface area contributed by atoms with Crippen LogP contribution in [-0.2, 0) is 24.8 Å². The number of carbonyl (C=O) groups excluding carboxylic acids is 1. The Morgan fingerprint density at radius 3 is 2.61 bits per heavy atom. The lowest BCUT2D eigenvalue weighted by Gasteiger charge is -2.33. The summed E-state index contributed by atoms with van der Waals surface area (Å²) in [4.78, 5) is 19.3. The van der Waals surface area contributed by atoms with Crippen LogP contribution in [0, 0.1) is 0 Å². The lowest BCUT2D eigenvalue weighted by atomic mass is 9.83. The van der Waals surface area contributed by atoms with Crippen molar-refractivity contribution in [1.29, 1.82) is 0 Å². The minimum atomic E-state index is -0.471. The van der Waals surface area contributed by atoms with E-state index in [1.807, 2.05) is 26.8 Å². The highest BCUT2D eigenvalue weighted by Crippen LogP contribution is 2.38. The maximum Gasteiger partial charge on any atom is 0.410 e. The number of hydrogen-bond acceptors (Lipinski definition) is 5. The molecule has 41 heavy (non-hydrogen) atoms. The second kappa shape index (κ2) is 11.6. The molecule has 1 aromatic carbocycles. The van der Waals surface area contributed by atoms with Gasteiger partial charge in [-0.3, -0.25) is 0 Å². The minimum Gasteiger partial charge on any atom is -0.490 e. The number of fused-ring (bicyclic) bond motifs is 1. The number of rotatable bonds is 8. The van der Waals surface area contributed by atoms with Gasteiger partial charge in [0.25, 0.3) is 0 Å². The molecular weight excluding hydrogens is 532 g/mol. The van der Waals surface area contributed by atoms with Crippen LogP contribution in [0.2, 0.25) is 0 Å². The maximum atomic E-state index is 12.4. The molecule has 4 aromatic rings. The highest BCUT2D eigenvalue weighted by molar-refractivity contribution is 7.17. The number of thiophene rings is 1. The van der Waals surface area contributed by atoms with Crippen molar-refractivity contribution >= 4 is 27.6 Å². The number of carbonyl (C=O) groups is 1. The van der Waals surface area contributed by atoms with Crippen LogP contribution in [0.4, 0.5) is 4.79 Å². The molecule has 3 aromatic heterocycles. The summed E-state index contributed by atoms with van der Waals surface area (Å²) in [6, 6.07) is 13.0. The van der Waals surface area contributed by atoms with E-state index in [1.54, 1.807) is 16.2 Å². The van der Waals surface area contributed by atoms with Crippen LogP contribution >= 0.6 is 11.3 Å². The van der Waals surface area contributed by atoms with Crippen molar-refractivity contribution in [3.8, 4) is 17.3 Å². The van der Waals surface area contributed by atoms with Crippen LogP contribution < -0.4 is 4.74 Å². The molecule has 4 heterocycles. The standard InChI is InChI=1S/C33H42N4O3S/c1-33(2,3)40-32(38)36-17-13-25(14-18-36)39-26-12-5-8-23(20-26)9-7-16-37-22-27(24-10-6-11-24)34-31(37)29-21-30-28(35(29)4)15-19-41-30/h5,8,12,15,19-22,24-25H,6-7,9-11,13-14,16-18H2,1-4H3. The van der Waals surface area contributed by atoms with Gasteiger partial charge in [0.1, 0.15) is 17.5 Å². The summed E-state index contributed by atoms with van der Waals surface area (Å²) >= 11 is 1.79. The average molecular weight is 575 g/mol. The van der Waals surface area contributed by atoms with Gasteiger partial charge in [0, 0.05) is 51.6 Å². The van der Waals surface area contributed by atoms with Crippen LogP contribution in [0.5, 0.6) is 5.75 Å². The molecule has 0 unspecified atom stereocenters. The molecule has 1 saturated carbocycles. The summed E-state index contributed by atoms with van der Waals surface area (Å²) in [5.74, 6) is 2.62. The quantitative estimate of drug-likeness (QED) is 0.216. The van der Waals surface area contributed by atoms with Crippen molar-refractivity contribution < 1.29 is 14.3 Å². The number of imidazole rings is 1. The first-order chi connectivity index (χ1) is 19.7. The molecular formula is C33H42N4O3S. The Morgan fingerprint density at radius 2 is 1.90 bits per heavy atom. The van der Waals surface area contributed by atoms with Gasteiger partial charge < -0.3 is 23.5 Å². The molecule has 7 nitrogen and oxygen atoms in total. The topological polar surface area (TPSA) is 61.5 Å². The van der Waals surface area contributed by atoms with Crippen LogP contribution in [0.3, 0.4) is 0 Å². The molecule has 1 aliphatic heterocycles.